The Hall–Kier alpha value is -3.28. The molecule has 0 saturated heterocycles. The average molecular weight is 451 g/mol. The molecule has 1 rings (SSSR count). The number of esters is 1. The van der Waals surface area contributed by atoms with Crippen LogP contribution in [0.2, 0.25) is 0 Å². The molecule has 0 radical (unpaired) electrons. The predicted molar refractivity (Wildman–Crippen MR) is 116 cm³/mol. The van der Waals surface area contributed by atoms with E-state index in [1.165, 1.54) is 19.2 Å². The van der Waals surface area contributed by atoms with Gasteiger partial charge in [0, 0.05) is 19.3 Å². The summed E-state index contributed by atoms with van der Waals surface area (Å²) in [6.45, 7) is 5.07. The molecule has 0 saturated carbocycles. The highest BCUT2D eigenvalue weighted by Crippen LogP contribution is 2.20. The van der Waals surface area contributed by atoms with E-state index in [1.807, 2.05) is 0 Å². The molecule has 176 valence electrons. The maximum atomic E-state index is 14.7. The lowest BCUT2D eigenvalue weighted by molar-refractivity contribution is -0.140. The number of halogens is 1. The zero-order valence-electron chi connectivity index (χ0n) is 19.0. The molecule has 0 aliphatic rings. The molecule has 0 bridgehead atoms. The second kappa shape index (κ2) is 13.2. The molecule has 0 aliphatic heterocycles. The van der Waals surface area contributed by atoms with Gasteiger partial charge in [-0.25, -0.2) is 9.18 Å². The number of methoxy groups -OCH3 is 1. The lowest BCUT2D eigenvalue weighted by Crippen LogP contribution is -2.42. The van der Waals surface area contributed by atoms with Crippen LogP contribution >= 0.6 is 0 Å². The lowest BCUT2D eigenvalue weighted by atomic mass is 10.1. The van der Waals surface area contributed by atoms with Gasteiger partial charge in [-0.2, -0.15) is 0 Å². The van der Waals surface area contributed by atoms with Crippen molar-refractivity contribution >= 4 is 18.0 Å². The number of rotatable bonds is 10. The summed E-state index contributed by atoms with van der Waals surface area (Å²) in [5.41, 5.74) is 4.64. The van der Waals surface area contributed by atoms with Crippen LogP contribution in [0.3, 0.4) is 0 Å². The van der Waals surface area contributed by atoms with Gasteiger partial charge >= 0.3 is 12.1 Å². The molecule has 0 unspecified atom stereocenters. The Morgan fingerprint density at radius 1 is 1.22 bits per heavy atom. The van der Waals surface area contributed by atoms with Gasteiger partial charge in [0.25, 0.3) is 0 Å². The molecular weight excluding hydrogens is 419 g/mol. The fourth-order valence-corrected chi connectivity index (χ4v) is 2.48. The zero-order valence-corrected chi connectivity index (χ0v) is 19.0. The number of alkyl carbamates (subject to hydrolysis) is 1. The molecule has 0 fully saturated rings. The van der Waals surface area contributed by atoms with Crippen LogP contribution in [0.4, 0.5) is 9.18 Å². The molecule has 0 aromatic heterocycles. The van der Waals surface area contributed by atoms with Crippen molar-refractivity contribution < 1.29 is 33.0 Å². The molecule has 0 spiro atoms. The average Bonchev–Trinajstić information content (AvgIpc) is 2.69. The molecule has 0 aliphatic carbocycles. The summed E-state index contributed by atoms with van der Waals surface area (Å²) in [6, 6.07) is 3.93. The molecular formula is C23H31FN2O6. The molecule has 2 amide bonds. The number of hydrogen-bond donors (Lipinski definition) is 2. The van der Waals surface area contributed by atoms with Crippen LogP contribution < -0.4 is 15.8 Å². The summed E-state index contributed by atoms with van der Waals surface area (Å²) in [5, 5.41) is 2.61. The summed E-state index contributed by atoms with van der Waals surface area (Å²) < 4.78 is 30.0. The van der Waals surface area contributed by atoms with Crippen LogP contribution in [0, 0.1) is 17.7 Å². The standard InChI is InChI=1S/C23H31FN2O6/c1-23(2,3)32-22(29)26-17(13-14-19(25)27)15-31-18-11-8-10-16(21(18)24)9-6-5-7-12-20(28)30-4/h8,10-11,17H,5,7,12-15H2,1-4H3,(H2,25,27)(H,26,29)/t17-/m0/s1. The monoisotopic (exact) mass is 450 g/mol. The molecule has 3 N–H and O–H groups in total. The first-order valence-corrected chi connectivity index (χ1v) is 10.3. The van der Waals surface area contributed by atoms with E-state index in [-0.39, 0.29) is 43.2 Å². The number of carbonyl (C=O) groups excluding carboxylic acids is 3. The summed E-state index contributed by atoms with van der Waals surface area (Å²) in [6.07, 6.45) is 0.708. The summed E-state index contributed by atoms with van der Waals surface area (Å²) >= 11 is 0. The smallest absolute Gasteiger partial charge is 0.407 e. The quantitative estimate of drug-likeness (QED) is 0.321. The molecule has 1 aromatic carbocycles. The minimum atomic E-state index is -0.699. The normalized spacial score (nSPS) is 11.5. The van der Waals surface area contributed by atoms with Gasteiger partial charge in [-0.15, -0.1) is 0 Å². The fourth-order valence-electron chi connectivity index (χ4n) is 2.48. The van der Waals surface area contributed by atoms with Crippen molar-refractivity contribution in [2.45, 2.75) is 64.5 Å². The van der Waals surface area contributed by atoms with E-state index >= 15 is 0 Å². The highest BCUT2D eigenvalue weighted by molar-refractivity contribution is 5.74. The zero-order chi connectivity index (χ0) is 24.1. The number of carbonyl (C=O) groups is 3. The van der Waals surface area contributed by atoms with Crippen LogP contribution in [0.25, 0.3) is 0 Å². The third-order valence-electron chi connectivity index (χ3n) is 4.00. The SMILES string of the molecule is COC(=O)CCCC#Cc1cccc(OC[C@H](CCC(N)=O)NC(=O)OC(C)(C)C)c1F. The van der Waals surface area contributed by atoms with E-state index in [4.69, 9.17) is 15.2 Å². The molecule has 1 atom stereocenters. The molecule has 32 heavy (non-hydrogen) atoms. The Kier molecular flexibility index (Phi) is 11.0. The van der Waals surface area contributed by atoms with Crippen molar-refractivity contribution in [3.8, 4) is 17.6 Å². The topological polar surface area (TPSA) is 117 Å². The highest BCUT2D eigenvalue weighted by atomic mass is 19.1. The Balaban J connectivity index is 2.76. The number of nitrogens with two attached hydrogens (primary N) is 1. The molecule has 0 heterocycles. The van der Waals surface area contributed by atoms with Crippen molar-refractivity contribution in [2.24, 2.45) is 5.73 Å². The van der Waals surface area contributed by atoms with Crippen molar-refractivity contribution in [2.75, 3.05) is 13.7 Å². The number of ether oxygens (including phenoxy) is 3. The van der Waals surface area contributed by atoms with Crippen molar-refractivity contribution in [3.05, 3.63) is 29.6 Å². The van der Waals surface area contributed by atoms with Crippen molar-refractivity contribution in [1.29, 1.82) is 0 Å². The Labute approximate surface area is 188 Å². The van der Waals surface area contributed by atoms with Gasteiger partial charge in [0.1, 0.15) is 12.2 Å². The molecule has 1 aromatic rings. The first-order chi connectivity index (χ1) is 15.0. The third-order valence-corrected chi connectivity index (χ3v) is 4.00. The Morgan fingerprint density at radius 2 is 1.94 bits per heavy atom. The van der Waals surface area contributed by atoms with Gasteiger partial charge in [-0.05, 0) is 45.7 Å². The van der Waals surface area contributed by atoms with Gasteiger partial charge in [-0.1, -0.05) is 17.9 Å². The van der Waals surface area contributed by atoms with Gasteiger partial charge in [-0.3, -0.25) is 9.59 Å². The van der Waals surface area contributed by atoms with Crippen LogP contribution in [0.15, 0.2) is 18.2 Å². The van der Waals surface area contributed by atoms with Crippen molar-refractivity contribution in [3.63, 3.8) is 0 Å². The summed E-state index contributed by atoms with van der Waals surface area (Å²) in [7, 11) is 1.32. The van der Waals surface area contributed by atoms with Crippen LogP contribution in [-0.2, 0) is 19.1 Å². The van der Waals surface area contributed by atoms with E-state index in [0.29, 0.717) is 12.8 Å². The number of hydrogen-bond acceptors (Lipinski definition) is 6. The summed E-state index contributed by atoms with van der Waals surface area (Å²) in [5.74, 6) is 4.01. The second-order valence-electron chi connectivity index (χ2n) is 8.01. The number of amides is 2. The molecule has 9 heteroatoms. The largest absolute Gasteiger partial charge is 0.488 e. The van der Waals surface area contributed by atoms with Crippen molar-refractivity contribution in [1.82, 2.24) is 5.32 Å². The van der Waals surface area contributed by atoms with Gasteiger partial charge < -0.3 is 25.3 Å². The Morgan fingerprint density at radius 3 is 2.56 bits per heavy atom. The number of primary amides is 1. The first-order valence-electron chi connectivity index (χ1n) is 10.3. The maximum Gasteiger partial charge on any atom is 0.407 e. The van der Waals surface area contributed by atoms with E-state index in [9.17, 15) is 18.8 Å². The number of nitrogens with one attached hydrogen (secondary N) is 1. The maximum absolute atomic E-state index is 14.7. The van der Waals surface area contributed by atoms with Crippen LogP contribution in [0.5, 0.6) is 5.75 Å². The minimum Gasteiger partial charge on any atom is -0.488 e. The van der Waals surface area contributed by atoms with Gasteiger partial charge in [0.2, 0.25) is 5.91 Å². The van der Waals surface area contributed by atoms with E-state index in [2.05, 4.69) is 21.9 Å². The predicted octanol–water partition coefficient (Wildman–Crippen LogP) is 3.06. The fraction of sp³-hybridized carbons (Fsp3) is 0.522. The minimum absolute atomic E-state index is 0.0173. The molecule has 8 nitrogen and oxygen atoms in total. The summed E-state index contributed by atoms with van der Waals surface area (Å²) in [4.78, 5) is 34.3. The van der Waals surface area contributed by atoms with E-state index in [0.717, 1.165) is 0 Å². The number of unbranched alkanes of at least 4 members (excludes halogenated alkanes) is 1. The van der Waals surface area contributed by atoms with Gasteiger partial charge in [0.15, 0.2) is 11.6 Å². The van der Waals surface area contributed by atoms with Gasteiger partial charge in [0.05, 0.1) is 18.7 Å². The van der Waals surface area contributed by atoms with Crippen LogP contribution in [0.1, 0.15) is 58.4 Å². The van der Waals surface area contributed by atoms with E-state index < -0.39 is 29.5 Å². The first kappa shape index (κ1) is 26.8. The second-order valence-corrected chi connectivity index (χ2v) is 8.01. The van der Waals surface area contributed by atoms with Crippen LogP contribution in [-0.4, -0.2) is 43.3 Å². The highest BCUT2D eigenvalue weighted by Gasteiger charge is 2.21. The third kappa shape index (κ3) is 11.2. The lowest BCUT2D eigenvalue weighted by Gasteiger charge is -2.23. The van der Waals surface area contributed by atoms with E-state index in [1.54, 1.807) is 26.8 Å². The number of benzene rings is 1. The Bertz CT molecular complexity index is 854.